The Kier molecular flexibility index (Phi) is 9.31. The second-order valence-electron chi connectivity index (χ2n) is 7.63. The molecule has 3 rings (SSSR count). The molecule has 2 N–H and O–H groups in total. The molecule has 0 bridgehead atoms. The van der Waals surface area contributed by atoms with Crippen LogP contribution in [-0.4, -0.2) is 30.3 Å². The van der Waals surface area contributed by atoms with Crippen molar-refractivity contribution in [1.29, 1.82) is 0 Å². The summed E-state index contributed by atoms with van der Waals surface area (Å²) in [5.74, 6) is -1.08. The van der Waals surface area contributed by atoms with Crippen LogP contribution in [0, 0.1) is 0 Å². The van der Waals surface area contributed by atoms with Gasteiger partial charge in [0.1, 0.15) is 24.7 Å². The summed E-state index contributed by atoms with van der Waals surface area (Å²) in [7, 11) is 0. The van der Waals surface area contributed by atoms with Crippen LogP contribution in [0.5, 0.6) is 11.5 Å². The van der Waals surface area contributed by atoms with Gasteiger partial charge >= 0.3 is 12.1 Å². The second-order valence-corrected chi connectivity index (χ2v) is 7.63. The van der Waals surface area contributed by atoms with Crippen molar-refractivity contribution < 1.29 is 32.5 Å². The topological polar surface area (TPSA) is 67.8 Å². The van der Waals surface area contributed by atoms with E-state index in [1.807, 2.05) is 66.0 Å². The van der Waals surface area contributed by atoms with Crippen LogP contribution in [0.25, 0.3) is 6.08 Å². The van der Waals surface area contributed by atoms with Gasteiger partial charge in [-0.3, -0.25) is 4.79 Å². The minimum Gasteiger partial charge on any atom is -0.489 e. The third kappa shape index (κ3) is 8.19. The third-order valence-corrected chi connectivity index (χ3v) is 5.01. The van der Waals surface area contributed by atoms with E-state index in [2.05, 4.69) is 0 Å². The Bertz CT molecular complexity index is 1120. The van der Waals surface area contributed by atoms with Crippen LogP contribution in [0.15, 0.2) is 78.9 Å². The zero-order valence-electron chi connectivity index (χ0n) is 18.9. The first-order chi connectivity index (χ1) is 16.9. The van der Waals surface area contributed by atoms with Gasteiger partial charge in [0.25, 0.3) is 0 Å². The number of aliphatic hydroxyl groups is 1. The highest BCUT2D eigenvalue weighted by atomic mass is 19.4. The summed E-state index contributed by atoms with van der Waals surface area (Å²) < 4.78 is 49.7. The molecule has 0 saturated carbocycles. The molecule has 1 amide bonds. The number of ether oxygens (including phenoxy) is 2. The molecule has 0 aliphatic heterocycles. The third-order valence-electron chi connectivity index (χ3n) is 5.01. The number of carbonyl (C=O) groups is 1. The Hall–Kier alpha value is -3.78. The average Bonchev–Trinajstić information content (AvgIpc) is 2.86. The van der Waals surface area contributed by atoms with Crippen molar-refractivity contribution in [3.05, 3.63) is 101 Å². The summed E-state index contributed by atoms with van der Waals surface area (Å²) in [6.07, 6.45) is -1.71. The summed E-state index contributed by atoms with van der Waals surface area (Å²) >= 11 is 0. The predicted octanol–water partition coefficient (Wildman–Crippen LogP) is 5.07. The Morgan fingerprint density at radius 2 is 1.51 bits per heavy atom. The molecule has 0 unspecified atom stereocenters. The fraction of sp³-hybridized carbons (Fsp3) is 0.222. The van der Waals surface area contributed by atoms with E-state index in [0.717, 1.165) is 11.1 Å². The quantitative estimate of drug-likeness (QED) is 0.398. The fourth-order valence-electron chi connectivity index (χ4n) is 3.31. The molecular weight excluding hydrogens is 459 g/mol. The van der Waals surface area contributed by atoms with Gasteiger partial charge in [0.05, 0.1) is 6.61 Å². The Morgan fingerprint density at radius 1 is 0.914 bits per heavy atom. The first kappa shape index (κ1) is 25.8. The van der Waals surface area contributed by atoms with Gasteiger partial charge in [0.2, 0.25) is 0 Å². The summed E-state index contributed by atoms with van der Waals surface area (Å²) in [5, 5.41) is 11.2. The van der Waals surface area contributed by atoms with Gasteiger partial charge in [0, 0.05) is 18.2 Å². The minimum atomic E-state index is -4.95. The molecule has 5 nitrogen and oxygen atoms in total. The molecule has 0 aromatic heterocycles. The Balaban J connectivity index is 1.88. The van der Waals surface area contributed by atoms with Crippen LogP contribution >= 0.6 is 0 Å². The highest BCUT2D eigenvalue weighted by Gasteiger charge is 2.38. The number of hydrogen-bond donors (Lipinski definition) is 2. The highest BCUT2D eigenvalue weighted by Crippen LogP contribution is 2.32. The lowest BCUT2D eigenvalue weighted by molar-refractivity contribution is -0.173. The van der Waals surface area contributed by atoms with Gasteiger partial charge in [-0.25, -0.2) is 0 Å². The number of alkyl halides is 3. The van der Waals surface area contributed by atoms with E-state index in [0.29, 0.717) is 22.6 Å². The van der Waals surface area contributed by atoms with Crippen molar-refractivity contribution in [2.24, 2.45) is 0 Å². The number of hydrogen-bond acceptors (Lipinski definition) is 4. The number of amides is 1. The molecule has 8 heteroatoms. The van der Waals surface area contributed by atoms with Crippen LogP contribution in [0.1, 0.15) is 22.3 Å². The molecule has 35 heavy (non-hydrogen) atoms. The normalized spacial score (nSPS) is 11.4. The van der Waals surface area contributed by atoms with Crippen molar-refractivity contribution in [3.8, 4) is 11.5 Å². The Labute approximate surface area is 201 Å². The number of halogens is 3. The molecule has 0 saturated heterocycles. The lowest BCUT2D eigenvalue weighted by atomic mass is 10.0. The van der Waals surface area contributed by atoms with Gasteiger partial charge in [0.15, 0.2) is 0 Å². The van der Waals surface area contributed by atoms with E-state index in [1.54, 1.807) is 18.2 Å². The maximum Gasteiger partial charge on any atom is 0.471 e. The van der Waals surface area contributed by atoms with E-state index < -0.39 is 12.1 Å². The molecule has 0 aliphatic rings. The zero-order chi connectivity index (χ0) is 25.1. The van der Waals surface area contributed by atoms with Crippen LogP contribution in [0.4, 0.5) is 13.2 Å². The van der Waals surface area contributed by atoms with E-state index >= 15 is 0 Å². The second kappa shape index (κ2) is 12.6. The zero-order valence-corrected chi connectivity index (χ0v) is 18.9. The smallest absolute Gasteiger partial charge is 0.471 e. The molecule has 0 spiro atoms. The van der Waals surface area contributed by atoms with Crippen LogP contribution in [0.3, 0.4) is 0 Å². The van der Waals surface area contributed by atoms with Crippen molar-refractivity contribution in [3.63, 3.8) is 0 Å². The number of aliphatic hydroxyl groups excluding tert-OH is 1. The van der Waals surface area contributed by atoms with E-state index in [-0.39, 0.29) is 32.8 Å². The number of benzene rings is 3. The van der Waals surface area contributed by atoms with Gasteiger partial charge in [-0.1, -0.05) is 72.8 Å². The molecule has 3 aromatic carbocycles. The van der Waals surface area contributed by atoms with Crippen molar-refractivity contribution >= 4 is 12.0 Å². The van der Waals surface area contributed by atoms with Crippen molar-refractivity contribution in [1.82, 2.24) is 5.32 Å². The van der Waals surface area contributed by atoms with E-state index in [1.165, 1.54) is 6.08 Å². The van der Waals surface area contributed by atoms with Crippen LogP contribution in [-0.2, 0) is 24.4 Å². The largest absolute Gasteiger partial charge is 0.489 e. The van der Waals surface area contributed by atoms with Gasteiger partial charge < -0.3 is 19.9 Å². The maximum absolute atomic E-state index is 12.6. The van der Waals surface area contributed by atoms with Gasteiger partial charge in [-0.15, -0.1) is 0 Å². The molecule has 0 atom stereocenters. The average molecular weight is 486 g/mol. The SMILES string of the molecule is O=C(NCCc1cc(OCc2ccccc2)cc(OCc2ccccc2)c1/C=C\CO)C(F)(F)F. The summed E-state index contributed by atoms with van der Waals surface area (Å²) in [5.41, 5.74) is 3.07. The van der Waals surface area contributed by atoms with E-state index in [9.17, 15) is 23.1 Å². The predicted molar refractivity (Wildman–Crippen MR) is 127 cm³/mol. The summed E-state index contributed by atoms with van der Waals surface area (Å²) in [4.78, 5) is 11.2. The van der Waals surface area contributed by atoms with Crippen molar-refractivity contribution in [2.45, 2.75) is 25.8 Å². The molecule has 0 heterocycles. The van der Waals surface area contributed by atoms with Gasteiger partial charge in [-0.2, -0.15) is 13.2 Å². The number of carbonyl (C=O) groups excluding carboxylic acids is 1. The van der Waals surface area contributed by atoms with Crippen molar-refractivity contribution in [2.75, 3.05) is 13.2 Å². The first-order valence-corrected chi connectivity index (χ1v) is 11.0. The number of rotatable bonds is 11. The molecule has 0 fully saturated rings. The molecular formula is C27H26F3NO4. The standard InChI is InChI=1S/C27H26F3NO4/c28-27(29,30)26(33)31-14-13-22-16-23(34-18-20-8-3-1-4-9-20)17-25(24(22)12-7-15-32)35-19-21-10-5-2-6-11-21/h1-12,16-17,32H,13-15,18-19H2,(H,31,33)/b12-7-. The molecule has 0 radical (unpaired) electrons. The number of nitrogens with one attached hydrogen (secondary N) is 1. The maximum atomic E-state index is 12.6. The van der Waals surface area contributed by atoms with E-state index in [4.69, 9.17) is 9.47 Å². The van der Waals surface area contributed by atoms with Crippen LogP contribution < -0.4 is 14.8 Å². The fourth-order valence-corrected chi connectivity index (χ4v) is 3.31. The molecule has 184 valence electrons. The summed E-state index contributed by atoms with van der Waals surface area (Å²) in [6, 6.07) is 22.4. The monoisotopic (exact) mass is 485 g/mol. The molecule has 0 aliphatic carbocycles. The lowest BCUT2D eigenvalue weighted by Crippen LogP contribution is -2.37. The molecule has 3 aromatic rings. The van der Waals surface area contributed by atoms with Crippen LogP contribution in [0.2, 0.25) is 0 Å². The lowest BCUT2D eigenvalue weighted by Gasteiger charge is -2.17. The highest BCUT2D eigenvalue weighted by molar-refractivity contribution is 5.81. The van der Waals surface area contributed by atoms with Gasteiger partial charge in [-0.05, 0) is 29.2 Å². The summed E-state index contributed by atoms with van der Waals surface area (Å²) in [6.45, 7) is 0.0788. The first-order valence-electron chi connectivity index (χ1n) is 11.0. The Morgan fingerprint density at radius 3 is 2.09 bits per heavy atom. The minimum absolute atomic E-state index is 0.0944.